The standard InChI is InChI=1S/C26H22O7S/c27-26(28)24-8-4-5-9-25(24)33-32-14-15-34(29,30)23-13-11-20-16-22(12-10-21(20)17-23)31-18-19-6-2-1-3-7-19/h1-13,16-17H,14-15,18H2,(H,27,28). The predicted molar refractivity (Wildman–Crippen MR) is 127 cm³/mol. The summed E-state index contributed by atoms with van der Waals surface area (Å²) in [6.45, 7) is 0.179. The van der Waals surface area contributed by atoms with Crippen molar-refractivity contribution in [1.82, 2.24) is 0 Å². The first-order chi connectivity index (χ1) is 16.4. The molecule has 4 aromatic carbocycles. The monoisotopic (exact) mass is 478 g/mol. The third-order valence-electron chi connectivity index (χ3n) is 5.09. The fourth-order valence-electron chi connectivity index (χ4n) is 3.31. The number of carboxylic acids is 1. The van der Waals surface area contributed by atoms with Gasteiger partial charge in [-0.15, -0.1) is 0 Å². The smallest absolute Gasteiger partial charge is 0.339 e. The Morgan fingerprint density at radius 1 is 0.824 bits per heavy atom. The first kappa shape index (κ1) is 23.3. The zero-order valence-corrected chi connectivity index (χ0v) is 18.9. The van der Waals surface area contributed by atoms with Crippen LogP contribution in [-0.4, -0.2) is 31.9 Å². The molecule has 0 atom stereocenters. The van der Waals surface area contributed by atoms with Crippen molar-refractivity contribution >= 4 is 26.6 Å². The third kappa shape index (κ3) is 5.72. The first-order valence-electron chi connectivity index (χ1n) is 10.5. The minimum atomic E-state index is -3.64. The summed E-state index contributed by atoms with van der Waals surface area (Å²) in [4.78, 5) is 21.3. The van der Waals surface area contributed by atoms with Gasteiger partial charge < -0.3 is 14.7 Å². The van der Waals surface area contributed by atoms with E-state index >= 15 is 0 Å². The fraction of sp³-hybridized carbons (Fsp3) is 0.115. The first-order valence-corrected chi connectivity index (χ1v) is 12.1. The molecule has 0 aliphatic heterocycles. The average molecular weight is 479 g/mol. The van der Waals surface area contributed by atoms with Gasteiger partial charge in [-0.1, -0.05) is 54.6 Å². The van der Waals surface area contributed by atoms with Gasteiger partial charge in [0.05, 0.1) is 10.6 Å². The van der Waals surface area contributed by atoms with Gasteiger partial charge in [-0.2, -0.15) is 4.89 Å². The Bertz CT molecular complexity index is 1400. The van der Waals surface area contributed by atoms with E-state index in [1.807, 2.05) is 42.5 Å². The Hall–Kier alpha value is -3.88. The SMILES string of the molecule is O=C(O)c1ccccc1OOCCS(=O)(=O)c1ccc2cc(OCc3ccccc3)ccc2c1. The highest BCUT2D eigenvalue weighted by Gasteiger charge is 2.17. The Kier molecular flexibility index (Phi) is 7.10. The molecule has 4 rings (SSSR count). The van der Waals surface area contributed by atoms with Gasteiger partial charge in [-0.3, -0.25) is 0 Å². The molecule has 34 heavy (non-hydrogen) atoms. The average Bonchev–Trinajstić information content (AvgIpc) is 2.85. The predicted octanol–water partition coefficient (Wildman–Crippen LogP) is 4.90. The number of carboxylic acid groups (broad SMARTS) is 1. The van der Waals surface area contributed by atoms with E-state index < -0.39 is 15.8 Å². The van der Waals surface area contributed by atoms with Crippen molar-refractivity contribution in [1.29, 1.82) is 0 Å². The highest BCUT2D eigenvalue weighted by atomic mass is 32.2. The van der Waals surface area contributed by atoms with Crippen molar-refractivity contribution in [3.63, 3.8) is 0 Å². The fourth-order valence-corrected chi connectivity index (χ4v) is 4.41. The number of aromatic carboxylic acids is 1. The van der Waals surface area contributed by atoms with Crippen molar-refractivity contribution < 1.29 is 32.8 Å². The number of hydrogen-bond acceptors (Lipinski definition) is 6. The van der Waals surface area contributed by atoms with Crippen LogP contribution >= 0.6 is 0 Å². The van der Waals surface area contributed by atoms with Gasteiger partial charge in [-0.05, 0) is 52.7 Å². The van der Waals surface area contributed by atoms with Crippen LogP contribution in [0.3, 0.4) is 0 Å². The molecule has 0 heterocycles. The minimum absolute atomic E-state index is 0.00314. The Morgan fingerprint density at radius 2 is 1.53 bits per heavy atom. The molecule has 0 bridgehead atoms. The summed E-state index contributed by atoms with van der Waals surface area (Å²) in [5.74, 6) is -0.800. The van der Waals surface area contributed by atoms with Crippen molar-refractivity contribution in [3.05, 3.63) is 102 Å². The molecule has 0 saturated heterocycles. The van der Waals surface area contributed by atoms with Crippen LogP contribution in [-0.2, 0) is 21.3 Å². The number of sulfone groups is 1. The molecule has 0 aromatic heterocycles. The lowest BCUT2D eigenvalue weighted by molar-refractivity contribution is -0.201. The van der Waals surface area contributed by atoms with E-state index in [-0.39, 0.29) is 28.6 Å². The van der Waals surface area contributed by atoms with Crippen LogP contribution < -0.4 is 9.62 Å². The van der Waals surface area contributed by atoms with Crippen LogP contribution in [0.4, 0.5) is 0 Å². The van der Waals surface area contributed by atoms with Crippen LogP contribution in [0.5, 0.6) is 11.5 Å². The van der Waals surface area contributed by atoms with Gasteiger partial charge in [0.15, 0.2) is 15.6 Å². The lowest BCUT2D eigenvalue weighted by atomic mass is 10.1. The van der Waals surface area contributed by atoms with E-state index in [0.717, 1.165) is 16.3 Å². The molecule has 1 N–H and O–H groups in total. The van der Waals surface area contributed by atoms with Gasteiger partial charge in [0, 0.05) is 0 Å². The topological polar surface area (TPSA) is 99.1 Å². The molecule has 8 heteroatoms. The molecule has 174 valence electrons. The van der Waals surface area contributed by atoms with Gasteiger partial charge in [-0.25, -0.2) is 13.2 Å². The van der Waals surface area contributed by atoms with Gasteiger partial charge in [0.2, 0.25) is 0 Å². The van der Waals surface area contributed by atoms with Crippen molar-refractivity contribution in [2.45, 2.75) is 11.5 Å². The zero-order valence-electron chi connectivity index (χ0n) is 18.1. The van der Waals surface area contributed by atoms with E-state index in [1.165, 1.54) is 12.1 Å². The van der Waals surface area contributed by atoms with Crippen LogP contribution in [0, 0.1) is 0 Å². The molecular formula is C26H22O7S. The summed E-state index contributed by atoms with van der Waals surface area (Å²) in [5.41, 5.74) is 0.980. The van der Waals surface area contributed by atoms with Crippen LogP contribution in [0.15, 0.2) is 95.9 Å². The number of hydrogen-bond donors (Lipinski definition) is 1. The van der Waals surface area contributed by atoms with E-state index in [9.17, 15) is 13.2 Å². The largest absolute Gasteiger partial charge is 0.489 e. The number of para-hydroxylation sites is 1. The molecule has 4 aromatic rings. The van der Waals surface area contributed by atoms with E-state index in [2.05, 4.69) is 0 Å². The molecular weight excluding hydrogens is 456 g/mol. The zero-order chi connectivity index (χ0) is 24.0. The molecule has 0 aliphatic rings. The van der Waals surface area contributed by atoms with Gasteiger partial charge in [0.1, 0.15) is 24.5 Å². The Labute approximate surface area is 197 Å². The molecule has 0 radical (unpaired) electrons. The second-order valence-electron chi connectivity index (χ2n) is 7.47. The number of fused-ring (bicyclic) bond motifs is 1. The molecule has 0 fully saturated rings. The number of ether oxygens (including phenoxy) is 1. The number of carbonyl (C=O) groups is 1. The number of benzene rings is 4. The quantitative estimate of drug-likeness (QED) is 0.197. The van der Waals surface area contributed by atoms with Gasteiger partial charge >= 0.3 is 5.97 Å². The summed E-state index contributed by atoms with van der Waals surface area (Å²) in [5, 5.41) is 10.8. The van der Waals surface area contributed by atoms with E-state index in [0.29, 0.717) is 12.4 Å². The van der Waals surface area contributed by atoms with Crippen molar-refractivity contribution in [3.8, 4) is 11.5 Å². The maximum absolute atomic E-state index is 12.7. The molecule has 0 amide bonds. The number of rotatable bonds is 10. The third-order valence-corrected chi connectivity index (χ3v) is 6.77. The van der Waals surface area contributed by atoms with E-state index in [1.54, 1.807) is 36.4 Å². The van der Waals surface area contributed by atoms with Gasteiger partial charge in [0.25, 0.3) is 0 Å². The summed E-state index contributed by atoms with van der Waals surface area (Å²) in [6.07, 6.45) is 0. The highest BCUT2D eigenvalue weighted by Crippen LogP contribution is 2.25. The Balaban J connectivity index is 1.37. The highest BCUT2D eigenvalue weighted by molar-refractivity contribution is 7.91. The maximum atomic E-state index is 12.7. The molecule has 0 saturated carbocycles. The van der Waals surface area contributed by atoms with Crippen LogP contribution in [0.25, 0.3) is 10.8 Å². The van der Waals surface area contributed by atoms with Crippen LogP contribution in [0.1, 0.15) is 15.9 Å². The molecule has 0 unspecified atom stereocenters. The Morgan fingerprint density at radius 3 is 2.32 bits per heavy atom. The minimum Gasteiger partial charge on any atom is -0.489 e. The summed E-state index contributed by atoms with van der Waals surface area (Å²) in [7, 11) is -3.64. The summed E-state index contributed by atoms with van der Waals surface area (Å²) < 4.78 is 31.3. The maximum Gasteiger partial charge on any atom is 0.339 e. The second-order valence-corrected chi connectivity index (χ2v) is 9.58. The normalized spacial score (nSPS) is 11.3. The lowest BCUT2D eigenvalue weighted by Crippen LogP contribution is -2.14. The summed E-state index contributed by atoms with van der Waals surface area (Å²) >= 11 is 0. The molecule has 0 spiro atoms. The molecule has 7 nitrogen and oxygen atoms in total. The lowest BCUT2D eigenvalue weighted by Gasteiger charge is -2.10. The van der Waals surface area contributed by atoms with E-state index in [4.69, 9.17) is 19.6 Å². The summed E-state index contributed by atoms with van der Waals surface area (Å²) in [6, 6.07) is 26.1. The van der Waals surface area contributed by atoms with Crippen molar-refractivity contribution in [2.24, 2.45) is 0 Å². The second kappa shape index (κ2) is 10.4. The van der Waals surface area contributed by atoms with Crippen LogP contribution in [0.2, 0.25) is 0 Å². The van der Waals surface area contributed by atoms with Crippen molar-refractivity contribution in [2.75, 3.05) is 12.4 Å². The molecule has 0 aliphatic carbocycles.